The molecule has 0 radical (unpaired) electrons. The summed E-state index contributed by atoms with van der Waals surface area (Å²) in [5.41, 5.74) is 5.94. The van der Waals surface area contributed by atoms with Gasteiger partial charge in [0.05, 0.1) is 13.2 Å². The molecule has 0 atom stereocenters. The third-order valence-electron chi connectivity index (χ3n) is 3.78. The van der Waals surface area contributed by atoms with E-state index in [1.165, 1.54) is 25.7 Å². The van der Waals surface area contributed by atoms with Gasteiger partial charge in [-0.25, -0.2) is 0 Å². The van der Waals surface area contributed by atoms with Crippen molar-refractivity contribution in [3.63, 3.8) is 0 Å². The highest BCUT2D eigenvalue weighted by Gasteiger charge is 2.28. The van der Waals surface area contributed by atoms with E-state index < -0.39 is 0 Å². The van der Waals surface area contributed by atoms with Gasteiger partial charge in [-0.05, 0) is 38.1 Å². The zero-order valence-corrected chi connectivity index (χ0v) is 11.2. The van der Waals surface area contributed by atoms with Crippen molar-refractivity contribution in [2.24, 2.45) is 11.1 Å². The first-order valence-corrected chi connectivity index (χ1v) is 6.53. The van der Waals surface area contributed by atoms with Crippen LogP contribution in [-0.2, 0) is 4.74 Å². The van der Waals surface area contributed by atoms with Crippen LogP contribution in [-0.4, -0.2) is 44.3 Å². The van der Waals surface area contributed by atoms with Gasteiger partial charge in [-0.15, -0.1) is 0 Å². The Kier molecular flexibility index (Phi) is 5.73. The van der Waals surface area contributed by atoms with E-state index in [-0.39, 0.29) is 0 Å². The third-order valence-corrected chi connectivity index (χ3v) is 3.78. The summed E-state index contributed by atoms with van der Waals surface area (Å²) in [6, 6.07) is 0.759. The normalized spacial score (nSPS) is 21.6. The van der Waals surface area contributed by atoms with Gasteiger partial charge in [-0.2, -0.15) is 0 Å². The van der Waals surface area contributed by atoms with E-state index in [1.807, 2.05) is 0 Å². The van der Waals surface area contributed by atoms with Crippen molar-refractivity contribution >= 4 is 0 Å². The van der Waals surface area contributed by atoms with Crippen molar-refractivity contribution in [3.05, 3.63) is 0 Å². The minimum absolute atomic E-state index is 0.563. The van der Waals surface area contributed by atoms with Crippen LogP contribution in [0.4, 0.5) is 0 Å². The van der Waals surface area contributed by atoms with E-state index in [0.717, 1.165) is 19.2 Å². The Morgan fingerprint density at radius 2 is 1.88 bits per heavy atom. The van der Waals surface area contributed by atoms with Gasteiger partial charge < -0.3 is 15.4 Å². The second kappa shape index (κ2) is 6.58. The summed E-state index contributed by atoms with van der Waals surface area (Å²) >= 11 is 0. The van der Waals surface area contributed by atoms with E-state index in [2.05, 4.69) is 25.8 Å². The third kappa shape index (κ3) is 4.81. The van der Waals surface area contributed by atoms with E-state index in [0.29, 0.717) is 18.6 Å². The van der Waals surface area contributed by atoms with Crippen LogP contribution in [0.15, 0.2) is 0 Å². The molecule has 1 fully saturated rings. The quantitative estimate of drug-likeness (QED) is 0.705. The van der Waals surface area contributed by atoms with Crippen molar-refractivity contribution in [2.75, 3.05) is 33.4 Å². The summed E-state index contributed by atoms with van der Waals surface area (Å²) in [5.74, 6) is 0. The molecule has 96 valence electrons. The minimum Gasteiger partial charge on any atom is -0.379 e. The van der Waals surface area contributed by atoms with Crippen molar-refractivity contribution in [1.29, 1.82) is 0 Å². The summed E-state index contributed by atoms with van der Waals surface area (Å²) in [6.45, 7) is 7.92. The van der Waals surface area contributed by atoms with Gasteiger partial charge in [-0.3, -0.25) is 0 Å². The maximum absolute atomic E-state index is 5.42. The van der Waals surface area contributed by atoms with E-state index in [9.17, 15) is 0 Å². The highest BCUT2D eigenvalue weighted by atomic mass is 16.5. The van der Waals surface area contributed by atoms with Crippen LogP contribution in [0.25, 0.3) is 0 Å². The van der Waals surface area contributed by atoms with E-state index in [4.69, 9.17) is 10.5 Å². The number of likely N-dealkylation sites (N-methyl/N-ethyl adjacent to an activating group) is 1. The summed E-state index contributed by atoms with van der Waals surface area (Å²) in [5, 5.41) is 0. The molecule has 1 aliphatic carbocycles. The predicted octanol–water partition coefficient (Wildman–Crippen LogP) is 1.86. The smallest absolute Gasteiger partial charge is 0.0594 e. The summed E-state index contributed by atoms with van der Waals surface area (Å²) < 4.78 is 5.42. The first kappa shape index (κ1) is 13.9. The standard InChI is InChI=1S/C13H28N2O/c1-13(2)6-4-12(5-7-13)15(3)9-11-16-10-8-14/h12H,4-11,14H2,1-3H3. The molecule has 0 heterocycles. The number of hydrogen-bond donors (Lipinski definition) is 1. The number of ether oxygens (including phenoxy) is 1. The fourth-order valence-electron chi connectivity index (χ4n) is 2.40. The van der Waals surface area contributed by atoms with Gasteiger partial charge in [-0.1, -0.05) is 13.8 Å². The largest absolute Gasteiger partial charge is 0.379 e. The Hall–Kier alpha value is -0.120. The molecule has 0 saturated heterocycles. The molecule has 0 amide bonds. The first-order chi connectivity index (χ1) is 7.55. The number of nitrogens with two attached hydrogens (primary N) is 1. The van der Waals surface area contributed by atoms with Crippen LogP contribution in [0.1, 0.15) is 39.5 Å². The van der Waals surface area contributed by atoms with Crippen molar-refractivity contribution in [1.82, 2.24) is 4.90 Å². The lowest BCUT2D eigenvalue weighted by molar-refractivity contribution is 0.0782. The molecule has 3 nitrogen and oxygen atoms in total. The average Bonchev–Trinajstić information content (AvgIpc) is 2.24. The van der Waals surface area contributed by atoms with Gasteiger partial charge in [0.15, 0.2) is 0 Å². The van der Waals surface area contributed by atoms with Crippen LogP contribution in [0, 0.1) is 5.41 Å². The van der Waals surface area contributed by atoms with Crippen LogP contribution in [0.2, 0.25) is 0 Å². The van der Waals surface area contributed by atoms with Gasteiger partial charge in [0.2, 0.25) is 0 Å². The Morgan fingerprint density at radius 1 is 1.25 bits per heavy atom. The molecular formula is C13H28N2O. The average molecular weight is 228 g/mol. The Balaban J connectivity index is 2.15. The van der Waals surface area contributed by atoms with Crippen molar-refractivity contribution < 1.29 is 4.74 Å². The molecule has 0 bridgehead atoms. The Labute approximate surface area is 100 Å². The molecule has 1 saturated carbocycles. The summed E-state index contributed by atoms with van der Waals surface area (Å²) in [4.78, 5) is 2.45. The fraction of sp³-hybridized carbons (Fsp3) is 1.00. The molecule has 0 spiro atoms. The molecule has 16 heavy (non-hydrogen) atoms. The van der Waals surface area contributed by atoms with Crippen molar-refractivity contribution in [2.45, 2.75) is 45.6 Å². The lowest BCUT2D eigenvalue weighted by Gasteiger charge is -2.38. The summed E-state index contributed by atoms with van der Waals surface area (Å²) in [6.07, 6.45) is 5.37. The number of nitrogens with zero attached hydrogens (tertiary/aromatic N) is 1. The number of rotatable bonds is 6. The van der Waals surface area contributed by atoms with Gasteiger partial charge in [0, 0.05) is 19.1 Å². The summed E-state index contributed by atoms with van der Waals surface area (Å²) in [7, 11) is 2.22. The monoisotopic (exact) mass is 228 g/mol. The van der Waals surface area contributed by atoms with Gasteiger partial charge in [0.1, 0.15) is 0 Å². The lowest BCUT2D eigenvalue weighted by Crippen LogP contribution is -2.39. The molecule has 1 aliphatic rings. The van der Waals surface area contributed by atoms with Crippen molar-refractivity contribution in [3.8, 4) is 0 Å². The van der Waals surface area contributed by atoms with Gasteiger partial charge in [0.25, 0.3) is 0 Å². The molecular weight excluding hydrogens is 200 g/mol. The highest BCUT2D eigenvalue weighted by Crippen LogP contribution is 2.36. The molecule has 1 rings (SSSR count). The zero-order valence-electron chi connectivity index (χ0n) is 11.2. The first-order valence-electron chi connectivity index (χ1n) is 6.53. The topological polar surface area (TPSA) is 38.5 Å². The Bertz CT molecular complexity index is 184. The molecule has 3 heteroatoms. The molecule has 0 aromatic heterocycles. The molecule has 0 aromatic rings. The molecule has 0 aliphatic heterocycles. The zero-order chi connectivity index (χ0) is 12.0. The minimum atomic E-state index is 0.563. The van der Waals surface area contributed by atoms with E-state index >= 15 is 0 Å². The maximum atomic E-state index is 5.42. The van der Waals surface area contributed by atoms with Gasteiger partial charge >= 0.3 is 0 Å². The SMILES string of the molecule is CN(CCOCCN)C1CCC(C)(C)CC1. The molecule has 2 N–H and O–H groups in total. The van der Waals surface area contributed by atoms with Crippen LogP contribution >= 0.6 is 0 Å². The predicted molar refractivity (Wildman–Crippen MR) is 68.5 cm³/mol. The highest BCUT2D eigenvalue weighted by molar-refractivity contribution is 4.82. The lowest BCUT2D eigenvalue weighted by atomic mass is 9.75. The Morgan fingerprint density at radius 3 is 2.44 bits per heavy atom. The number of hydrogen-bond acceptors (Lipinski definition) is 3. The molecule has 0 unspecified atom stereocenters. The van der Waals surface area contributed by atoms with Crippen LogP contribution in [0.3, 0.4) is 0 Å². The second-order valence-electron chi connectivity index (χ2n) is 5.78. The van der Waals surface area contributed by atoms with E-state index in [1.54, 1.807) is 0 Å². The van der Waals surface area contributed by atoms with Crippen LogP contribution in [0.5, 0.6) is 0 Å². The fourth-order valence-corrected chi connectivity index (χ4v) is 2.40. The van der Waals surface area contributed by atoms with Crippen LogP contribution < -0.4 is 5.73 Å². The molecule has 0 aromatic carbocycles. The second-order valence-corrected chi connectivity index (χ2v) is 5.78. The maximum Gasteiger partial charge on any atom is 0.0594 e.